The molecule has 0 aliphatic carbocycles. The first-order chi connectivity index (χ1) is 9.10. The number of anilines is 1. The Kier molecular flexibility index (Phi) is 4.60. The Balaban J connectivity index is 3.13. The van der Waals surface area contributed by atoms with Gasteiger partial charge in [-0.25, -0.2) is 0 Å². The monoisotopic (exact) mass is 278 g/mol. The summed E-state index contributed by atoms with van der Waals surface area (Å²) in [5.74, 6) is -0.558. The second kappa shape index (κ2) is 5.81. The molecule has 0 unspecified atom stereocenters. The number of rotatable bonds is 4. The van der Waals surface area contributed by atoms with Gasteiger partial charge in [0.15, 0.2) is 5.78 Å². The van der Waals surface area contributed by atoms with Crippen molar-refractivity contribution in [1.82, 2.24) is 0 Å². The Morgan fingerprint density at radius 1 is 1.30 bits per heavy atom. The molecule has 1 rings (SSSR count). The number of Topliss-reactive ketones (excluding diaryl/α,β-unsaturated/α-hetero) is 1. The molecule has 1 aromatic rings. The summed E-state index contributed by atoms with van der Waals surface area (Å²) in [6.45, 7) is 7.03. The van der Waals surface area contributed by atoms with Crippen LogP contribution in [0.15, 0.2) is 18.2 Å². The third-order valence-corrected chi connectivity index (χ3v) is 2.52. The minimum Gasteiger partial charge on any atom is -0.321 e. The van der Waals surface area contributed by atoms with E-state index in [1.807, 2.05) is 20.8 Å². The SMILES string of the molecule is CC(=O)Nc1ccc(C(=O)CC(C)(C)C)cc1[N+](=O)[O-]. The molecule has 0 radical (unpaired) electrons. The maximum Gasteiger partial charge on any atom is 0.293 e. The van der Waals surface area contributed by atoms with Crippen molar-refractivity contribution < 1.29 is 14.5 Å². The Labute approximate surface area is 117 Å². The molecule has 20 heavy (non-hydrogen) atoms. The molecule has 0 saturated heterocycles. The molecule has 0 aliphatic rings. The average molecular weight is 278 g/mol. The number of hydrogen-bond acceptors (Lipinski definition) is 4. The van der Waals surface area contributed by atoms with E-state index in [0.717, 1.165) is 0 Å². The van der Waals surface area contributed by atoms with Crippen molar-refractivity contribution in [2.75, 3.05) is 5.32 Å². The maximum absolute atomic E-state index is 12.1. The van der Waals surface area contributed by atoms with E-state index in [4.69, 9.17) is 0 Å². The minimum absolute atomic E-state index is 0.0924. The predicted molar refractivity (Wildman–Crippen MR) is 75.8 cm³/mol. The zero-order valence-electron chi connectivity index (χ0n) is 12.0. The molecule has 0 atom stereocenters. The van der Waals surface area contributed by atoms with E-state index in [0.29, 0.717) is 6.42 Å². The van der Waals surface area contributed by atoms with Crippen LogP contribution in [0.1, 0.15) is 44.5 Å². The molecule has 0 heterocycles. The van der Waals surface area contributed by atoms with Gasteiger partial charge in [-0.2, -0.15) is 0 Å². The third kappa shape index (κ3) is 4.46. The number of nitrogens with one attached hydrogen (secondary N) is 1. The second-order valence-electron chi connectivity index (χ2n) is 5.83. The van der Waals surface area contributed by atoms with Gasteiger partial charge in [0.1, 0.15) is 5.69 Å². The summed E-state index contributed by atoms with van der Waals surface area (Å²) in [4.78, 5) is 33.4. The number of nitro benzene ring substituents is 1. The van der Waals surface area contributed by atoms with Crippen molar-refractivity contribution in [3.8, 4) is 0 Å². The van der Waals surface area contributed by atoms with Gasteiger partial charge in [0.25, 0.3) is 5.69 Å². The smallest absolute Gasteiger partial charge is 0.293 e. The van der Waals surface area contributed by atoms with E-state index in [2.05, 4.69) is 5.32 Å². The molecule has 0 saturated carbocycles. The van der Waals surface area contributed by atoms with Gasteiger partial charge < -0.3 is 5.32 Å². The quantitative estimate of drug-likeness (QED) is 0.520. The molecule has 6 nitrogen and oxygen atoms in total. The fraction of sp³-hybridized carbons (Fsp3) is 0.429. The summed E-state index contributed by atoms with van der Waals surface area (Å²) in [7, 11) is 0. The molecular formula is C14H18N2O4. The number of carbonyl (C=O) groups excluding carboxylic acids is 2. The highest BCUT2D eigenvalue weighted by molar-refractivity contribution is 5.99. The number of benzene rings is 1. The van der Waals surface area contributed by atoms with Crippen molar-refractivity contribution in [2.24, 2.45) is 5.41 Å². The van der Waals surface area contributed by atoms with Crippen molar-refractivity contribution in [2.45, 2.75) is 34.1 Å². The summed E-state index contributed by atoms with van der Waals surface area (Å²) in [6.07, 6.45) is 0.295. The van der Waals surface area contributed by atoms with Crippen molar-refractivity contribution in [3.63, 3.8) is 0 Å². The van der Waals surface area contributed by atoms with E-state index in [9.17, 15) is 19.7 Å². The Hall–Kier alpha value is -2.24. The number of amides is 1. The standard InChI is InChI=1S/C14H18N2O4/c1-9(17)15-11-6-5-10(7-12(11)16(19)20)13(18)8-14(2,3)4/h5-7H,8H2,1-4H3,(H,15,17). The number of carbonyl (C=O) groups is 2. The lowest BCUT2D eigenvalue weighted by Crippen LogP contribution is -2.14. The molecule has 0 bridgehead atoms. The molecule has 0 aromatic heterocycles. The first kappa shape index (κ1) is 15.8. The minimum atomic E-state index is -0.612. The average Bonchev–Trinajstić information content (AvgIpc) is 2.25. The van der Waals surface area contributed by atoms with E-state index >= 15 is 0 Å². The van der Waals surface area contributed by atoms with E-state index in [1.165, 1.54) is 25.1 Å². The summed E-state index contributed by atoms with van der Waals surface area (Å²) in [5, 5.41) is 13.4. The Bertz CT molecular complexity index is 559. The molecule has 1 aromatic carbocycles. The van der Waals surface area contributed by atoms with Gasteiger partial charge in [0, 0.05) is 25.0 Å². The maximum atomic E-state index is 12.1. The van der Waals surface area contributed by atoms with E-state index in [1.54, 1.807) is 0 Å². The van der Waals surface area contributed by atoms with Crippen LogP contribution in [-0.4, -0.2) is 16.6 Å². The summed E-state index contributed by atoms with van der Waals surface area (Å²) in [5.41, 5.74) is -0.0992. The van der Waals surface area contributed by atoms with Crippen LogP contribution < -0.4 is 5.32 Å². The molecule has 0 spiro atoms. The normalized spacial score (nSPS) is 11.0. The van der Waals surface area contributed by atoms with Gasteiger partial charge in [0.2, 0.25) is 5.91 Å². The summed E-state index contributed by atoms with van der Waals surface area (Å²) in [6, 6.07) is 4.08. The van der Waals surface area contributed by atoms with Crippen molar-refractivity contribution in [1.29, 1.82) is 0 Å². The highest BCUT2D eigenvalue weighted by Gasteiger charge is 2.21. The topological polar surface area (TPSA) is 89.3 Å². The van der Waals surface area contributed by atoms with Gasteiger partial charge in [0.05, 0.1) is 4.92 Å². The molecule has 1 N–H and O–H groups in total. The summed E-state index contributed by atoms with van der Waals surface area (Å²) >= 11 is 0. The van der Waals surface area contributed by atoms with Crippen LogP contribution in [-0.2, 0) is 4.79 Å². The van der Waals surface area contributed by atoms with Crippen LogP contribution in [0.2, 0.25) is 0 Å². The first-order valence-electron chi connectivity index (χ1n) is 6.19. The summed E-state index contributed by atoms with van der Waals surface area (Å²) < 4.78 is 0. The molecular weight excluding hydrogens is 260 g/mol. The van der Waals surface area contributed by atoms with Gasteiger partial charge in [-0.1, -0.05) is 20.8 Å². The van der Waals surface area contributed by atoms with Crippen molar-refractivity contribution in [3.05, 3.63) is 33.9 Å². The third-order valence-electron chi connectivity index (χ3n) is 2.52. The van der Waals surface area contributed by atoms with Crippen LogP contribution in [0.4, 0.5) is 11.4 Å². The zero-order valence-corrected chi connectivity index (χ0v) is 12.0. The van der Waals surface area contributed by atoms with E-state index < -0.39 is 10.8 Å². The number of ketones is 1. The number of nitrogens with zero attached hydrogens (tertiary/aromatic N) is 1. The van der Waals surface area contributed by atoms with Gasteiger partial charge in [-0.15, -0.1) is 0 Å². The van der Waals surface area contributed by atoms with Crippen LogP contribution in [0.3, 0.4) is 0 Å². The van der Waals surface area contributed by atoms with Crippen molar-refractivity contribution >= 4 is 23.1 Å². The second-order valence-corrected chi connectivity index (χ2v) is 5.83. The Morgan fingerprint density at radius 3 is 2.35 bits per heavy atom. The predicted octanol–water partition coefficient (Wildman–Crippen LogP) is 3.17. The number of hydrogen-bond donors (Lipinski definition) is 1. The first-order valence-corrected chi connectivity index (χ1v) is 6.19. The lowest BCUT2D eigenvalue weighted by Gasteiger charge is -2.16. The van der Waals surface area contributed by atoms with Crippen LogP contribution >= 0.6 is 0 Å². The lowest BCUT2D eigenvalue weighted by atomic mass is 9.88. The van der Waals surface area contributed by atoms with Gasteiger partial charge in [-0.3, -0.25) is 19.7 Å². The largest absolute Gasteiger partial charge is 0.321 e. The van der Waals surface area contributed by atoms with Gasteiger partial charge >= 0.3 is 0 Å². The van der Waals surface area contributed by atoms with E-state index in [-0.39, 0.29) is 28.1 Å². The molecule has 6 heteroatoms. The highest BCUT2D eigenvalue weighted by atomic mass is 16.6. The van der Waals surface area contributed by atoms with Crippen LogP contribution in [0, 0.1) is 15.5 Å². The zero-order chi connectivity index (χ0) is 15.5. The van der Waals surface area contributed by atoms with Crippen LogP contribution in [0.25, 0.3) is 0 Å². The molecule has 0 fully saturated rings. The van der Waals surface area contributed by atoms with Gasteiger partial charge in [-0.05, 0) is 17.5 Å². The van der Waals surface area contributed by atoms with Crippen LogP contribution in [0.5, 0.6) is 0 Å². The lowest BCUT2D eigenvalue weighted by molar-refractivity contribution is -0.384. The fourth-order valence-corrected chi connectivity index (χ4v) is 1.74. The molecule has 0 aliphatic heterocycles. The number of nitro groups is 1. The highest BCUT2D eigenvalue weighted by Crippen LogP contribution is 2.28. The molecule has 1 amide bonds. The molecule has 108 valence electrons. The Morgan fingerprint density at radius 2 is 1.90 bits per heavy atom. The fourth-order valence-electron chi connectivity index (χ4n) is 1.74.